The molecule has 142 valence electrons. The summed E-state index contributed by atoms with van der Waals surface area (Å²) in [6.07, 6.45) is 0. The fourth-order valence-electron chi connectivity index (χ4n) is 2.64. The van der Waals surface area contributed by atoms with Gasteiger partial charge in [-0.3, -0.25) is 9.59 Å². The van der Waals surface area contributed by atoms with Gasteiger partial charge < -0.3 is 14.5 Å². The van der Waals surface area contributed by atoms with Crippen LogP contribution in [-0.2, 0) is 11.3 Å². The summed E-state index contributed by atoms with van der Waals surface area (Å²) in [6.45, 7) is 2.82. The third-order valence-electron chi connectivity index (χ3n) is 4.18. The average Bonchev–Trinajstić information content (AvgIpc) is 2.70. The Bertz CT molecular complexity index is 828. The molecule has 2 rings (SSSR count). The molecule has 0 fully saturated rings. The second-order valence-electron chi connectivity index (χ2n) is 6.29. The molecular weight excluding hydrogens is 344 g/mol. The molecule has 0 spiro atoms. The van der Waals surface area contributed by atoms with E-state index in [1.807, 2.05) is 19.1 Å². The molecule has 6 nitrogen and oxygen atoms in total. The van der Waals surface area contributed by atoms with Crippen LogP contribution in [0.2, 0.25) is 0 Å². The van der Waals surface area contributed by atoms with Crippen molar-refractivity contribution in [1.29, 1.82) is 0 Å². The highest BCUT2D eigenvalue weighted by molar-refractivity contribution is 5.98. The molecule has 0 saturated heterocycles. The molecule has 0 aliphatic heterocycles. The quantitative estimate of drug-likeness (QED) is 0.736. The molecule has 0 aromatic heterocycles. The number of benzene rings is 2. The Labute approximate surface area is 159 Å². The second-order valence-corrected chi connectivity index (χ2v) is 6.29. The fraction of sp³-hybridized carbons (Fsp3) is 0.286. The molecule has 0 aliphatic rings. The lowest BCUT2D eigenvalue weighted by Gasteiger charge is -2.21. The van der Waals surface area contributed by atoms with E-state index in [0.29, 0.717) is 29.8 Å². The molecule has 2 aromatic rings. The van der Waals surface area contributed by atoms with E-state index in [-0.39, 0.29) is 11.8 Å². The van der Waals surface area contributed by atoms with Crippen molar-refractivity contribution in [2.24, 2.45) is 0 Å². The maximum atomic E-state index is 12.8. The first-order valence-corrected chi connectivity index (χ1v) is 8.65. The highest BCUT2D eigenvalue weighted by Crippen LogP contribution is 2.14. The summed E-state index contributed by atoms with van der Waals surface area (Å²) in [5.74, 6) is -0.713. The molecule has 0 aliphatic carbocycles. The van der Waals surface area contributed by atoms with Crippen LogP contribution in [0.3, 0.4) is 0 Å². The molecule has 0 N–H and O–H groups in total. The van der Waals surface area contributed by atoms with Crippen molar-refractivity contribution >= 4 is 17.8 Å². The number of rotatable bonds is 6. The first kappa shape index (κ1) is 20.2. The summed E-state index contributed by atoms with van der Waals surface area (Å²) in [5.41, 5.74) is 2.29. The summed E-state index contributed by atoms with van der Waals surface area (Å²) in [7, 11) is 4.71. The number of carbonyl (C=O) groups is 3. The molecule has 0 heterocycles. The first-order valence-electron chi connectivity index (χ1n) is 8.65. The lowest BCUT2D eigenvalue weighted by molar-refractivity contribution is 0.0600. The van der Waals surface area contributed by atoms with Gasteiger partial charge in [-0.05, 0) is 42.8 Å². The van der Waals surface area contributed by atoms with Gasteiger partial charge in [-0.15, -0.1) is 0 Å². The SMILES string of the molecule is CCN(Cc1ccc(C(=O)N(C)C)cc1)C(=O)c1cccc(C(=O)OC)c1. The Morgan fingerprint density at radius 2 is 1.52 bits per heavy atom. The highest BCUT2D eigenvalue weighted by atomic mass is 16.5. The Morgan fingerprint density at radius 3 is 2.07 bits per heavy atom. The maximum Gasteiger partial charge on any atom is 0.337 e. The summed E-state index contributed by atoms with van der Waals surface area (Å²) in [4.78, 5) is 39.7. The van der Waals surface area contributed by atoms with E-state index >= 15 is 0 Å². The van der Waals surface area contributed by atoms with Gasteiger partial charge in [0.05, 0.1) is 12.7 Å². The van der Waals surface area contributed by atoms with Crippen LogP contribution in [0, 0.1) is 0 Å². The average molecular weight is 368 g/mol. The normalized spacial score (nSPS) is 10.2. The third-order valence-corrected chi connectivity index (χ3v) is 4.18. The monoisotopic (exact) mass is 368 g/mol. The summed E-state index contributed by atoms with van der Waals surface area (Å²) >= 11 is 0. The lowest BCUT2D eigenvalue weighted by atomic mass is 10.1. The molecule has 0 saturated carbocycles. The van der Waals surface area contributed by atoms with Crippen LogP contribution >= 0.6 is 0 Å². The number of amides is 2. The van der Waals surface area contributed by atoms with E-state index in [9.17, 15) is 14.4 Å². The standard InChI is InChI=1S/C21H24N2O4/c1-5-23(14-15-9-11-16(12-10-15)19(24)22(2)3)20(25)17-7-6-8-18(13-17)21(26)27-4/h6-13H,5,14H2,1-4H3. The number of hydrogen-bond donors (Lipinski definition) is 0. The predicted octanol–water partition coefficient (Wildman–Crippen LogP) is 2.84. The van der Waals surface area contributed by atoms with Gasteiger partial charge in [-0.25, -0.2) is 4.79 Å². The van der Waals surface area contributed by atoms with Crippen molar-refractivity contribution in [3.05, 3.63) is 70.8 Å². The van der Waals surface area contributed by atoms with E-state index < -0.39 is 5.97 Å². The summed E-state index contributed by atoms with van der Waals surface area (Å²) in [6, 6.07) is 13.7. The zero-order valence-corrected chi connectivity index (χ0v) is 16.1. The number of esters is 1. The molecule has 2 amide bonds. The number of ether oxygens (including phenoxy) is 1. The van der Waals surface area contributed by atoms with Crippen LogP contribution < -0.4 is 0 Å². The van der Waals surface area contributed by atoms with Crippen LogP contribution in [0.4, 0.5) is 0 Å². The summed E-state index contributed by atoms with van der Waals surface area (Å²) in [5, 5.41) is 0. The minimum absolute atomic E-state index is 0.0652. The Morgan fingerprint density at radius 1 is 0.889 bits per heavy atom. The summed E-state index contributed by atoms with van der Waals surface area (Å²) < 4.78 is 4.71. The molecule has 2 aromatic carbocycles. The molecule has 27 heavy (non-hydrogen) atoms. The van der Waals surface area contributed by atoms with E-state index in [1.54, 1.807) is 49.3 Å². The highest BCUT2D eigenvalue weighted by Gasteiger charge is 2.17. The Balaban J connectivity index is 2.16. The van der Waals surface area contributed by atoms with E-state index in [2.05, 4.69) is 0 Å². The molecule has 6 heteroatoms. The zero-order valence-electron chi connectivity index (χ0n) is 16.1. The van der Waals surface area contributed by atoms with E-state index in [1.165, 1.54) is 18.1 Å². The fourth-order valence-corrected chi connectivity index (χ4v) is 2.64. The molecule has 0 bridgehead atoms. The van der Waals surface area contributed by atoms with Crippen LogP contribution in [0.1, 0.15) is 43.6 Å². The topological polar surface area (TPSA) is 66.9 Å². The molecule has 0 radical (unpaired) electrons. The smallest absolute Gasteiger partial charge is 0.337 e. The first-order chi connectivity index (χ1) is 12.9. The number of nitrogens with zero attached hydrogens (tertiary/aromatic N) is 2. The van der Waals surface area contributed by atoms with Crippen LogP contribution in [-0.4, -0.2) is 55.3 Å². The van der Waals surface area contributed by atoms with E-state index in [4.69, 9.17) is 4.74 Å². The van der Waals surface area contributed by atoms with Gasteiger partial charge in [0.1, 0.15) is 0 Å². The van der Waals surface area contributed by atoms with Crippen molar-refractivity contribution in [2.45, 2.75) is 13.5 Å². The van der Waals surface area contributed by atoms with Crippen LogP contribution in [0.5, 0.6) is 0 Å². The van der Waals surface area contributed by atoms with Crippen molar-refractivity contribution < 1.29 is 19.1 Å². The largest absolute Gasteiger partial charge is 0.465 e. The number of carbonyl (C=O) groups excluding carboxylic acids is 3. The maximum absolute atomic E-state index is 12.8. The van der Waals surface area contributed by atoms with Gasteiger partial charge in [0.25, 0.3) is 11.8 Å². The van der Waals surface area contributed by atoms with Gasteiger partial charge in [-0.1, -0.05) is 18.2 Å². The van der Waals surface area contributed by atoms with Gasteiger partial charge in [0.2, 0.25) is 0 Å². The van der Waals surface area contributed by atoms with Crippen molar-refractivity contribution in [3.63, 3.8) is 0 Å². The lowest BCUT2D eigenvalue weighted by Crippen LogP contribution is -2.30. The van der Waals surface area contributed by atoms with Gasteiger partial charge in [0, 0.05) is 38.3 Å². The Hall–Kier alpha value is -3.15. The molecule has 0 unspecified atom stereocenters. The second kappa shape index (κ2) is 8.98. The number of methoxy groups -OCH3 is 1. The van der Waals surface area contributed by atoms with Crippen LogP contribution in [0.25, 0.3) is 0 Å². The predicted molar refractivity (Wildman–Crippen MR) is 103 cm³/mol. The zero-order chi connectivity index (χ0) is 20.0. The van der Waals surface area contributed by atoms with Crippen molar-refractivity contribution in [3.8, 4) is 0 Å². The molecular formula is C21H24N2O4. The van der Waals surface area contributed by atoms with Crippen LogP contribution in [0.15, 0.2) is 48.5 Å². The van der Waals surface area contributed by atoms with Gasteiger partial charge >= 0.3 is 5.97 Å². The molecule has 0 atom stereocenters. The third kappa shape index (κ3) is 4.94. The van der Waals surface area contributed by atoms with E-state index in [0.717, 1.165) is 5.56 Å². The van der Waals surface area contributed by atoms with Gasteiger partial charge in [-0.2, -0.15) is 0 Å². The minimum Gasteiger partial charge on any atom is -0.465 e. The minimum atomic E-state index is -0.478. The van der Waals surface area contributed by atoms with Crippen molar-refractivity contribution in [2.75, 3.05) is 27.7 Å². The van der Waals surface area contributed by atoms with Crippen molar-refractivity contribution in [1.82, 2.24) is 9.80 Å². The number of hydrogen-bond acceptors (Lipinski definition) is 4. The van der Waals surface area contributed by atoms with Gasteiger partial charge in [0.15, 0.2) is 0 Å². The Kier molecular flexibility index (Phi) is 6.71.